The van der Waals surface area contributed by atoms with Gasteiger partial charge in [-0.3, -0.25) is 4.79 Å². The molecule has 0 radical (unpaired) electrons. The summed E-state index contributed by atoms with van der Waals surface area (Å²) in [6, 6.07) is 3.73. The Morgan fingerprint density at radius 3 is 3.00 bits per heavy atom. The summed E-state index contributed by atoms with van der Waals surface area (Å²) in [7, 11) is 0. The molecule has 1 aromatic rings. The predicted octanol–water partition coefficient (Wildman–Crippen LogP) is 1.48. The Morgan fingerprint density at radius 2 is 2.33 bits per heavy atom. The molecule has 0 atom stereocenters. The molecule has 0 unspecified atom stereocenters. The number of hydrogen-bond donors (Lipinski definition) is 1. The van der Waals surface area contributed by atoms with Gasteiger partial charge in [-0.05, 0) is 25.2 Å². The fraction of sp³-hybridized carbons (Fsp3) is 0.444. The zero-order valence-corrected chi connectivity index (χ0v) is 8.05. The van der Waals surface area contributed by atoms with Gasteiger partial charge in [-0.2, -0.15) is 12.6 Å². The lowest BCUT2D eigenvalue weighted by Gasteiger charge is -2.03. The van der Waals surface area contributed by atoms with Gasteiger partial charge < -0.3 is 4.57 Å². The van der Waals surface area contributed by atoms with Crippen LogP contribution in [0.5, 0.6) is 0 Å². The fourth-order valence-corrected chi connectivity index (χ4v) is 1.22. The maximum absolute atomic E-state index is 11.4. The lowest BCUT2D eigenvalue weighted by molar-refractivity contribution is 0.655. The first-order chi connectivity index (χ1) is 5.75. The molecule has 0 N–H and O–H groups in total. The minimum Gasteiger partial charge on any atom is -0.315 e. The summed E-state index contributed by atoms with van der Waals surface area (Å²) in [5, 5.41) is 0. The van der Waals surface area contributed by atoms with Gasteiger partial charge >= 0.3 is 0 Å². The normalized spacial score (nSPS) is 10.2. The third-order valence-corrected chi connectivity index (χ3v) is 2.08. The van der Waals surface area contributed by atoms with E-state index in [4.69, 9.17) is 0 Å². The lowest BCUT2D eigenvalue weighted by atomic mass is 10.3. The first-order valence-electron chi connectivity index (χ1n) is 4.02. The van der Waals surface area contributed by atoms with E-state index < -0.39 is 0 Å². The molecule has 66 valence electrons. The molecule has 12 heavy (non-hydrogen) atoms. The molecule has 0 spiro atoms. The van der Waals surface area contributed by atoms with Crippen LogP contribution in [0.2, 0.25) is 0 Å². The van der Waals surface area contributed by atoms with Gasteiger partial charge in [0, 0.05) is 18.3 Å². The maximum atomic E-state index is 11.4. The van der Waals surface area contributed by atoms with Gasteiger partial charge in [0.25, 0.3) is 5.56 Å². The van der Waals surface area contributed by atoms with Crippen LogP contribution in [0.4, 0.5) is 0 Å². The standard InChI is InChI=1S/C9H13NOS/c1-8-4-2-5-10(9(8)11)6-3-7-12/h2,4-5,12H,3,6-7H2,1H3. The molecular formula is C9H13NOS. The number of thiol groups is 1. The van der Waals surface area contributed by atoms with Crippen LogP contribution in [0.25, 0.3) is 0 Å². The topological polar surface area (TPSA) is 22.0 Å². The van der Waals surface area contributed by atoms with Crippen molar-refractivity contribution in [3.8, 4) is 0 Å². The molecule has 2 nitrogen and oxygen atoms in total. The summed E-state index contributed by atoms with van der Waals surface area (Å²) in [6.07, 6.45) is 2.76. The van der Waals surface area contributed by atoms with Crippen LogP contribution in [-0.2, 0) is 6.54 Å². The molecule has 1 rings (SSSR count). The molecule has 0 aromatic carbocycles. The molecule has 1 aromatic heterocycles. The van der Waals surface area contributed by atoms with Crippen molar-refractivity contribution < 1.29 is 0 Å². The Balaban J connectivity index is 2.85. The van der Waals surface area contributed by atoms with Crippen LogP contribution in [0.1, 0.15) is 12.0 Å². The molecule has 0 saturated heterocycles. The van der Waals surface area contributed by atoms with Gasteiger partial charge in [0.05, 0.1) is 0 Å². The second-order valence-corrected chi connectivity index (χ2v) is 3.21. The minimum atomic E-state index is 0.110. The van der Waals surface area contributed by atoms with Crippen molar-refractivity contribution in [3.63, 3.8) is 0 Å². The quantitative estimate of drug-likeness (QED) is 0.704. The third kappa shape index (κ3) is 2.14. The predicted molar refractivity (Wildman–Crippen MR) is 53.9 cm³/mol. The molecule has 0 aliphatic rings. The number of nitrogens with zero attached hydrogens (tertiary/aromatic N) is 1. The van der Waals surface area contributed by atoms with Gasteiger partial charge in [0.15, 0.2) is 0 Å². The van der Waals surface area contributed by atoms with Gasteiger partial charge in [0.2, 0.25) is 0 Å². The van der Waals surface area contributed by atoms with Crippen LogP contribution in [-0.4, -0.2) is 10.3 Å². The van der Waals surface area contributed by atoms with Gasteiger partial charge in [-0.15, -0.1) is 0 Å². The van der Waals surface area contributed by atoms with Crippen molar-refractivity contribution in [3.05, 3.63) is 34.2 Å². The van der Waals surface area contributed by atoms with Crippen LogP contribution < -0.4 is 5.56 Å². The molecule has 0 aliphatic carbocycles. The van der Waals surface area contributed by atoms with Crippen LogP contribution in [0.3, 0.4) is 0 Å². The van der Waals surface area contributed by atoms with E-state index in [-0.39, 0.29) is 5.56 Å². The summed E-state index contributed by atoms with van der Waals surface area (Å²) < 4.78 is 1.73. The first-order valence-corrected chi connectivity index (χ1v) is 4.66. The van der Waals surface area contributed by atoms with E-state index in [2.05, 4.69) is 12.6 Å². The zero-order chi connectivity index (χ0) is 8.97. The molecule has 0 amide bonds. The van der Waals surface area contributed by atoms with Crippen molar-refractivity contribution in [2.24, 2.45) is 0 Å². The average Bonchev–Trinajstić information content (AvgIpc) is 2.08. The van der Waals surface area contributed by atoms with Gasteiger partial charge in [-0.25, -0.2) is 0 Å². The average molecular weight is 183 g/mol. The van der Waals surface area contributed by atoms with Gasteiger partial charge in [0.1, 0.15) is 0 Å². The molecule has 0 saturated carbocycles. The summed E-state index contributed by atoms with van der Waals surface area (Å²) in [6.45, 7) is 2.60. The SMILES string of the molecule is Cc1cccn(CCCS)c1=O. The Kier molecular flexibility index (Phi) is 3.41. The van der Waals surface area contributed by atoms with Crippen LogP contribution >= 0.6 is 12.6 Å². The molecule has 0 fully saturated rings. The van der Waals surface area contributed by atoms with E-state index in [1.54, 1.807) is 4.57 Å². The Labute approximate surface area is 77.6 Å². The van der Waals surface area contributed by atoms with E-state index >= 15 is 0 Å². The van der Waals surface area contributed by atoms with Crippen molar-refractivity contribution in [2.45, 2.75) is 19.9 Å². The fourth-order valence-electron chi connectivity index (χ4n) is 1.07. The Morgan fingerprint density at radius 1 is 1.58 bits per heavy atom. The van der Waals surface area contributed by atoms with Crippen LogP contribution in [0, 0.1) is 6.92 Å². The number of aromatic nitrogens is 1. The number of rotatable bonds is 3. The Hall–Kier alpha value is -0.700. The van der Waals surface area contributed by atoms with Crippen molar-refractivity contribution in [1.82, 2.24) is 4.57 Å². The largest absolute Gasteiger partial charge is 0.315 e. The Bertz CT molecular complexity index is 306. The highest BCUT2D eigenvalue weighted by molar-refractivity contribution is 7.80. The summed E-state index contributed by atoms with van der Waals surface area (Å²) in [5.41, 5.74) is 0.913. The van der Waals surface area contributed by atoms with E-state index in [1.807, 2.05) is 25.3 Å². The van der Waals surface area contributed by atoms with E-state index in [0.717, 1.165) is 24.3 Å². The second kappa shape index (κ2) is 4.36. The van der Waals surface area contributed by atoms with Crippen molar-refractivity contribution >= 4 is 12.6 Å². The number of hydrogen-bond acceptors (Lipinski definition) is 2. The minimum absolute atomic E-state index is 0.110. The van der Waals surface area contributed by atoms with E-state index in [0.29, 0.717) is 0 Å². The van der Waals surface area contributed by atoms with E-state index in [1.165, 1.54) is 0 Å². The molecule has 1 heterocycles. The lowest BCUT2D eigenvalue weighted by Crippen LogP contribution is -2.21. The smallest absolute Gasteiger partial charge is 0.253 e. The third-order valence-electron chi connectivity index (χ3n) is 1.77. The monoisotopic (exact) mass is 183 g/mol. The number of aryl methyl sites for hydroxylation is 2. The van der Waals surface area contributed by atoms with Crippen molar-refractivity contribution in [1.29, 1.82) is 0 Å². The maximum Gasteiger partial charge on any atom is 0.253 e. The van der Waals surface area contributed by atoms with E-state index in [9.17, 15) is 4.79 Å². The second-order valence-electron chi connectivity index (χ2n) is 2.77. The summed E-state index contributed by atoms with van der Waals surface area (Å²) >= 11 is 4.10. The van der Waals surface area contributed by atoms with Gasteiger partial charge in [-0.1, -0.05) is 6.07 Å². The molecule has 0 bridgehead atoms. The first kappa shape index (κ1) is 9.39. The molecule has 0 aliphatic heterocycles. The zero-order valence-electron chi connectivity index (χ0n) is 7.16. The molecule has 3 heteroatoms. The highest BCUT2D eigenvalue weighted by atomic mass is 32.1. The summed E-state index contributed by atoms with van der Waals surface area (Å²) in [5.74, 6) is 0.820. The molecular weight excluding hydrogens is 170 g/mol. The highest BCUT2D eigenvalue weighted by Crippen LogP contribution is 1.92. The number of pyridine rings is 1. The van der Waals surface area contributed by atoms with Crippen LogP contribution in [0.15, 0.2) is 23.1 Å². The highest BCUT2D eigenvalue weighted by Gasteiger charge is 1.96. The van der Waals surface area contributed by atoms with Crippen molar-refractivity contribution in [2.75, 3.05) is 5.75 Å². The summed E-state index contributed by atoms with van der Waals surface area (Å²) in [4.78, 5) is 11.4.